The number of carbonyl (C=O) groups excluding carboxylic acids is 1. The molecule has 0 bridgehead atoms. The van der Waals surface area contributed by atoms with Crippen LogP contribution in [0.25, 0.3) is 0 Å². The number of ether oxygens (including phenoxy) is 1. The van der Waals surface area contributed by atoms with Crippen molar-refractivity contribution in [2.24, 2.45) is 0 Å². The van der Waals surface area contributed by atoms with E-state index >= 15 is 0 Å². The largest absolute Gasteiger partial charge is 0.464 e. The fraction of sp³-hybridized carbons (Fsp3) is 0.333. The number of rotatable bonds is 3. The summed E-state index contributed by atoms with van der Waals surface area (Å²) in [5.74, 6) is -1.76. The Morgan fingerprint density at radius 2 is 2.25 bits per heavy atom. The molecular formula is C9H9ClF2N2O2. The predicted molar refractivity (Wildman–Crippen MR) is 54.6 cm³/mol. The molecule has 88 valence electrons. The first-order chi connectivity index (χ1) is 7.52. The Kier molecular flexibility index (Phi) is 4.00. The number of nitrogens with zero attached hydrogens (tertiary/aromatic N) is 1. The first kappa shape index (κ1) is 12.6. The molecule has 0 aromatic carbocycles. The summed E-state index contributed by atoms with van der Waals surface area (Å²) in [4.78, 5) is 14.8. The van der Waals surface area contributed by atoms with Gasteiger partial charge in [0, 0.05) is 6.42 Å². The van der Waals surface area contributed by atoms with Crippen molar-refractivity contribution < 1.29 is 18.3 Å². The quantitative estimate of drug-likeness (QED) is 0.830. The van der Waals surface area contributed by atoms with E-state index in [9.17, 15) is 13.6 Å². The van der Waals surface area contributed by atoms with E-state index in [1.807, 2.05) is 0 Å². The third kappa shape index (κ3) is 2.21. The predicted octanol–water partition coefficient (Wildman–Crippen LogP) is 1.75. The van der Waals surface area contributed by atoms with E-state index in [0.717, 1.165) is 7.11 Å². The summed E-state index contributed by atoms with van der Waals surface area (Å²) in [7, 11) is 1.12. The molecule has 0 amide bonds. The third-order valence-electron chi connectivity index (χ3n) is 1.89. The zero-order valence-corrected chi connectivity index (χ0v) is 9.15. The maximum Gasteiger partial charge on any atom is 0.358 e. The zero-order chi connectivity index (χ0) is 12.3. The van der Waals surface area contributed by atoms with Crippen LogP contribution in [0.1, 0.15) is 16.2 Å². The van der Waals surface area contributed by atoms with E-state index < -0.39 is 24.1 Å². The third-order valence-corrected chi connectivity index (χ3v) is 2.27. The molecule has 2 N–H and O–H groups in total. The van der Waals surface area contributed by atoms with Gasteiger partial charge in [-0.2, -0.15) is 0 Å². The lowest BCUT2D eigenvalue weighted by atomic mass is 10.2. The van der Waals surface area contributed by atoms with Crippen LogP contribution in [0.2, 0.25) is 5.02 Å². The van der Waals surface area contributed by atoms with Gasteiger partial charge < -0.3 is 10.5 Å². The van der Waals surface area contributed by atoms with Gasteiger partial charge in [0.1, 0.15) is 0 Å². The Hall–Kier alpha value is -1.43. The number of nitrogen functional groups attached to an aromatic ring is 1. The average molecular weight is 251 g/mol. The minimum absolute atomic E-state index is 0.246. The number of pyridine rings is 1. The molecule has 0 aliphatic heterocycles. The Morgan fingerprint density at radius 3 is 2.75 bits per heavy atom. The van der Waals surface area contributed by atoms with E-state index in [1.165, 1.54) is 0 Å². The number of aromatic nitrogens is 1. The molecule has 0 atom stereocenters. The van der Waals surface area contributed by atoms with Crippen molar-refractivity contribution >= 4 is 23.3 Å². The lowest BCUT2D eigenvalue weighted by Crippen LogP contribution is -2.12. The maximum atomic E-state index is 13.4. The molecule has 7 heteroatoms. The van der Waals surface area contributed by atoms with Crippen molar-refractivity contribution in [3.8, 4) is 0 Å². The van der Waals surface area contributed by atoms with Crippen molar-refractivity contribution in [3.63, 3.8) is 0 Å². The molecular weight excluding hydrogens is 242 g/mol. The number of halogens is 3. The van der Waals surface area contributed by atoms with Gasteiger partial charge in [-0.1, -0.05) is 11.6 Å². The fourth-order valence-electron chi connectivity index (χ4n) is 1.10. The lowest BCUT2D eigenvalue weighted by molar-refractivity contribution is 0.0594. The van der Waals surface area contributed by atoms with E-state index in [0.29, 0.717) is 0 Å². The van der Waals surface area contributed by atoms with Crippen LogP contribution in [0, 0.1) is 5.82 Å². The maximum absolute atomic E-state index is 13.4. The normalized spacial score (nSPS) is 10.2. The van der Waals surface area contributed by atoms with Gasteiger partial charge >= 0.3 is 5.97 Å². The van der Waals surface area contributed by atoms with Gasteiger partial charge in [0.25, 0.3) is 0 Å². The SMILES string of the molecule is COC(=O)c1nc(CCF)c(F)c(N)c1Cl. The highest BCUT2D eigenvalue weighted by atomic mass is 35.5. The van der Waals surface area contributed by atoms with Gasteiger partial charge in [0.15, 0.2) is 11.5 Å². The molecule has 0 fully saturated rings. The zero-order valence-electron chi connectivity index (χ0n) is 8.39. The number of esters is 1. The number of methoxy groups -OCH3 is 1. The fourth-order valence-corrected chi connectivity index (χ4v) is 1.30. The van der Waals surface area contributed by atoms with Crippen LogP contribution in [-0.4, -0.2) is 24.7 Å². The summed E-state index contributed by atoms with van der Waals surface area (Å²) in [5, 5.41) is -0.327. The van der Waals surface area contributed by atoms with Crippen LogP contribution in [0.5, 0.6) is 0 Å². The minimum atomic E-state index is -0.907. The molecule has 1 rings (SSSR count). The lowest BCUT2D eigenvalue weighted by Gasteiger charge is -2.08. The highest BCUT2D eigenvalue weighted by Gasteiger charge is 2.21. The summed E-state index contributed by atoms with van der Waals surface area (Å²) in [5.41, 5.74) is 4.34. The van der Waals surface area contributed by atoms with Crippen LogP contribution < -0.4 is 5.73 Å². The van der Waals surface area contributed by atoms with Crippen molar-refractivity contribution in [3.05, 3.63) is 22.2 Å². The van der Waals surface area contributed by atoms with E-state index in [4.69, 9.17) is 17.3 Å². The van der Waals surface area contributed by atoms with E-state index in [2.05, 4.69) is 9.72 Å². The molecule has 0 aliphatic carbocycles. The number of hydrogen-bond acceptors (Lipinski definition) is 4. The van der Waals surface area contributed by atoms with Crippen molar-refractivity contribution in [1.29, 1.82) is 0 Å². The van der Waals surface area contributed by atoms with Crippen LogP contribution >= 0.6 is 11.6 Å². The van der Waals surface area contributed by atoms with Crippen LogP contribution in [0.15, 0.2) is 0 Å². The molecule has 4 nitrogen and oxygen atoms in total. The summed E-state index contributed by atoms with van der Waals surface area (Å²) < 4.78 is 29.9. The summed E-state index contributed by atoms with van der Waals surface area (Å²) >= 11 is 5.62. The molecule has 1 aromatic rings. The number of carbonyl (C=O) groups is 1. The van der Waals surface area contributed by atoms with Crippen molar-refractivity contribution in [2.75, 3.05) is 19.5 Å². The van der Waals surface area contributed by atoms with Gasteiger partial charge in [-0.3, -0.25) is 4.39 Å². The topological polar surface area (TPSA) is 65.2 Å². The first-order valence-corrected chi connectivity index (χ1v) is 4.68. The first-order valence-electron chi connectivity index (χ1n) is 4.30. The number of nitrogens with two attached hydrogens (primary N) is 1. The molecule has 0 spiro atoms. The Labute approximate surface area is 95.4 Å². The van der Waals surface area contributed by atoms with Gasteiger partial charge in [0.2, 0.25) is 0 Å². The summed E-state index contributed by atoms with van der Waals surface area (Å²) in [6.07, 6.45) is -0.281. The van der Waals surface area contributed by atoms with Crippen molar-refractivity contribution in [2.45, 2.75) is 6.42 Å². The smallest absolute Gasteiger partial charge is 0.358 e. The summed E-state index contributed by atoms with van der Waals surface area (Å²) in [6.45, 7) is -0.814. The van der Waals surface area contributed by atoms with Crippen LogP contribution in [-0.2, 0) is 11.2 Å². The van der Waals surface area contributed by atoms with Gasteiger partial charge in [0.05, 0.1) is 30.2 Å². The monoisotopic (exact) mass is 250 g/mol. The number of alkyl halides is 1. The molecule has 0 saturated heterocycles. The standard InChI is InChI=1S/C9H9ClF2N2O2/c1-16-9(15)8-5(10)7(13)6(12)4(14-8)2-3-11/h2-3H2,1H3,(H2,13,14). The Balaban J connectivity index is 3.35. The van der Waals surface area contributed by atoms with Crippen molar-refractivity contribution in [1.82, 2.24) is 4.98 Å². The van der Waals surface area contributed by atoms with Gasteiger partial charge in [-0.25, -0.2) is 14.2 Å². The second kappa shape index (κ2) is 5.07. The van der Waals surface area contributed by atoms with E-state index in [-0.39, 0.29) is 22.8 Å². The highest BCUT2D eigenvalue weighted by molar-refractivity contribution is 6.35. The number of anilines is 1. The van der Waals surface area contributed by atoms with Crippen LogP contribution in [0.4, 0.5) is 14.5 Å². The molecule has 0 unspecified atom stereocenters. The number of hydrogen-bond donors (Lipinski definition) is 1. The molecule has 0 saturated carbocycles. The molecule has 0 radical (unpaired) electrons. The molecule has 16 heavy (non-hydrogen) atoms. The van der Waals surface area contributed by atoms with Crippen LogP contribution in [0.3, 0.4) is 0 Å². The Morgan fingerprint density at radius 1 is 1.62 bits per heavy atom. The second-order valence-corrected chi connectivity index (χ2v) is 3.26. The molecule has 1 aromatic heterocycles. The van der Waals surface area contributed by atoms with Gasteiger partial charge in [-0.15, -0.1) is 0 Å². The number of aryl methyl sites for hydroxylation is 1. The van der Waals surface area contributed by atoms with Gasteiger partial charge in [-0.05, 0) is 0 Å². The average Bonchev–Trinajstić information content (AvgIpc) is 2.29. The summed E-state index contributed by atoms with van der Waals surface area (Å²) in [6, 6.07) is 0. The highest BCUT2D eigenvalue weighted by Crippen LogP contribution is 2.27. The second-order valence-electron chi connectivity index (χ2n) is 2.88. The Bertz CT molecular complexity index is 426. The molecule has 1 heterocycles. The van der Waals surface area contributed by atoms with E-state index in [1.54, 1.807) is 0 Å². The molecule has 0 aliphatic rings. The minimum Gasteiger partial charge on any atom is -0.464 e.